The van der Waals surface area contributed by atoms with Gasteiger partial charge in [-0.05, 0) is 45.2 Å². The number of piperidine rings is 1. The van der Waals surface area contributed by atoms with Gasteiger partial charge in [0.25, 0.3) is 5.91 Å². The van der Waals surface area contributed by atoms with Crippen molar-refractivity contribution < 1.29 is 69.0 Å². The molecule has 6 fully saturated rings. The summed E-state index contributed by atoms with van der Waals surface area (Å²) in [5.41, 5.74) is 28.0. The van der Waals surface area contributed by atoms with Crippen LogP contribution in [-0.2, 0) is 33.2 Å². The fourth-order valence-electron chi connectivity index (χ4n) is 8.10. The molecule has 0 aromatic rings. The molecule has 318 valence electrons. The van der Waals surface area contributed by atoms with Crippen LogP contribution in [0.4, 0.5) is 0 Å². The lowest BCUT2D eigenvalue weighted by Crippen LogP contribution is -2.67. The van der Waals surface area contributed by atoms with E-state index in [2.05, 4.69) is 16.0 Å². The zero-order chi connectivity index (χ0) is 39.8. The summed E-state index contributed by atoms with van der Waals surface area (Å²) in [6, 6.07) is -4.66. The van der Waals surface area contributed by atoms with Gasteiger partial charge in [0.05, 0.1) is 36.4 Å². The molecule has 0 bridgehead atoms. The lowest BCUT2D eigenvalue weighted by Gasteiger charge is -2.47. The van der Waals surface area contributed by atoms with E-state index in [1.165, 1.54) is 0 Å². The molecule has 6 aliphatic rings. The van der Waals surface area contributed by atoms with E-state index < -0.39 is 128 Å². The molecule has 2 aliphatic carbocycles. The summed E-state index contributed by atoms with van der Waals surface area (Å²) in [7, 11) is 0. The van der Waals surface area contributed by atoms with Gasteiger partial charge in [-0.3, -0.25) is 4.79 Å². The Balaban J connectivity index is 1.16. The molecule has 4 aliphatic heterocycles. The van der Waals surface area contributed by atoms with Crippen LogP contribution in [0.25, 0.3) is 0 Å². The average molecular weight is 795 g/mol. The van der Waals surface area contributed by atoms with Crippen molar-refractivity contribution in [2.24, 2.45) is 28.7 Å². The van der Waals surface area contributed by atoms with Gasteiger partial charge in [-0.2, -0.15) is 0 Å². The fourth-order valence-corrected chi connectivity index (χ4v) is 8.10. The number of nitrogens with two attached hydrogens (primary N) is 5. The van der Waals surface area contributed by atoms with E-state index in [1.807, 2.05) is 0 Å². The van der Waals surface area contributed by atoms with Crippen molar-refractivity contribution >= 4 is 5.91 Å². The van der Waals surface area contributed by atoms with Gasteiger partial charge in [-0.25, -0.2) is 0 Å². The maximum absolute atomic E-state index is 13.0. The Kier molecular flexibility index (Phi) is 14.1. The number of carbonyl (C=O) groups excluding carboxylic acids is 1. The highest BCUT2D eigenvalue weighted by atomic mass is 16.8. The Morgan fingerprint density at radius 2 is 1.45 bits per heavy atom. The number of rotatable bonds is 14. The fraction of sp³-hybridized carbons (Fsp3) is 0.970. The third kappa shape index (κ3) is 9.44. The molecule has 22 nitrogen and oxygen atoms in total. The zero-order valence-electron chi connectivity index (χ0n) is 30.8. The Bertz CT molecular complexity index is 1280. The smallest absolute Gasteiger partial charge is 0.253 e. The standard InChI is InChI=1S/C33H62N8O14/c34-9-17-22(44)23(45)20(38)29(51-17)54-26-18(11-42)52-30(24(26)46)55-27-21(43)16(41-31(47)33(49)8-19(33)37)7-15(36)25(27)53-28-14(35)2-1-13(50-28)10-40-12-32(48)3-5-39-6-4-32/h13-30,39-40,42-46,48-49H,1-12,34-38H2,(H,41,47)/t13-,14+,15-,16+,17-,18+,19?,20+,21-,22+,23+,24+,25+,26+,27+,28+,29+,30-,33?/m0/s1. The minimum atomic E-state index is -1.80. The number of hydrogen-bond donors (Lipinski definition) is 15. The zero-order valence-corrected chi connectivity index (χ0v) is 30.8. The molecule has 2 saturated carbocycles. The van der Waals surface area contributed by atoms with Gasteiger partial charge >= 0.3 is 0 Å². The number of aliphatic hydroxyl groups is 7. The predicted molar refractivity (Wildman–Crippen MR) is 188 cm³/mol. The number of hydrogen-bond acceptors (Lipinski definition) is 21. The molecule has 0 radical (unpaired) electrons. The molecule has 19 atom stereocenters. The van der Waals surface area contributed by atoms with E-state index in [0.717, 1.165) is 13.1 Å². The van der Waals surface area contributed by atoms with Crippen LogP contribution in [0.1, 0.15) is 38.5 Å². The molecule has 0 spiro atoms. The molecule has 4 saturated heterocycles. The summed E-state index contributed by atoms with van der Waals surface area (Å²) < 4.78 is 36.3. The third-order valence-electron chi connectivity index (χ3n) is 11.9. The van der Waals surface area contributed by atoms with Crippen LogP contribution in [0.5, 0.6) is 0 Å². The SMILES string of the molecule is NC[C@@H]1O[C@H](O[C@H]2[C@@H](O)[C@H](O[C@@H]3[C@@H](O)[C@H](NC(=O)C4(O)CC4N)C[C@H](N)[C@H]3O[C@H]3O[C@H](CNCC4(O)CCNCC4)CC[C@H]3N)O[C@@H]2CO)[C@H](N)[C@@H](O)[C@@H]1O. The number of nitrogens with one attached hydrogen (secondary N) is 3. The van der Waals surface area contributed by atoms with E-state index in [4.69, 9.17) is 57.1 Å². The predicted octanol–water partition coefficient (Wildman–Crippen LogP) is -8.47. The van der Waals surface area contributed by atoms with Crippen LogP contribution < -0.4 is 44.6 Å². The molecule has 1 amide bonds. The van der Waals surface area contributed by atoms with Gasteiger partial charge in [0, 0.05) is 38.1 Å². The van der Waals surface area contributed by atoms with Gasteiger partial charge in [0.1, 0.15) is 54.9 Å². The highest BCUT2D eigenvalue weighted by Crippen LogP contribution is 2.37. The highest BCUT2D eigenvalue weighted by Gasteiger charge is 2.59. The monoisotopic (exact) mass is 794 g/mol. The average Bonchev–Trinajstić information content (AvgIpc) is 3.68. The summed E-state index contributed by atoms with van der Waals surface area (Å²) in [6.07, 6.45) is -14.3. The molecule has 2 unspecified atom stereocenters. The second-order valence-electron chi connectivity index (χ2n) is 16.0. The lowest BCUT2D eigenvalue weighted by atomic mass is 9.83. The van der Waals surface area contributed by atoms with Crippen molar-refractivity contribution in [3.8, 4) is 0 Å². The van der Waals surface area contributed by atoms with Crippen molar-refractivity contribution in [3.63, 3.8) is 0 Å². The van der Waals surface area contributed by atoms with E-state index >= 15 is 0 Å². The van der Waals surface area contributed by atoms with Crippen LogP contribution >= 0.6 is 0 Å². The molecule has 6 rings (SSSR count). The maximum atomic E-state index is 13.0. The number of aliphatic hydroxyl groups excluding tert-OH is 5. The van der Waals surface area contributed by atoms with Gasteiger partial charge < -0.3 is 109 Å². The second kappa shape index (κ2) is 17.9. The number of ether oxygens (including phenoxy) is 6. The van der Waals surface area contributed by atoms with Crippen LogP contribution in [0, 0.1) is 0 Å². The molecule has 0 aromatic carbocycles. The molecule has 4 heterocycles. The van der Waals surface area contributed by atoms with Crippen LogP contribution in [0.2, 0.25) is 0 Å². The Labute approximate surface area is 318 Å². The van der Waals surface area contributed by atoms with Gasteiger partial charge in [-0.1, -0.05) is 0 Å². The van der Waals surface area contributed by atoms with Crippen molar-refractivity contribution in [3.05, 3.63) is 0 Å². The largest absolute Gasteiger partial charge is 0.394 e. The Morgan fingerprint density at radius 3 is 2.11 bits per heavy atom. The second-order valence-corrected chi connectivity index (χ2v) is 16.0. The van der Waals surface area contributed by atoms with Gasteiger partial charge in [0.15, 0.2) is 24.5 Å². The molecule has 22 heteroatoms. The minimum absolute atomic E-state index is 0.0321. The van der Waals surface area contributed by atoms with Crippen molar-refractivity contribution in [1.29, 1.82) is 0 Å². The van der Waals surface area contributed by atoms with Crippen LogP contribution in [0.15, 0.2) is 0 Å². The first-order valence-corrected chi connectivity index (χ1v) is 19.2. The Morgan fingerprint density at radius 1 is 0.800 bits per heavy atom. The first-order valence-electron chi connectivity index (χ1n) is 19.2. The van der Waals surface area contributed by atoms with E-state index in [9.17, 15) is 40.5 Å². The Hall–Kier alpha value is -1.33. The van der Waals surface area contributed by atoms with Crippen molar-refractivity contribution in [2.45, 2.75) is 160 Å². The lowest BCUT2D eigenvalue weighted by molar-refractivity contribution is -0.290. The van der Waals surface area contributed by atoms with Crippen LogP contribution in [-0.4, -0.2) is 202 Å². The van der Waals surface area contributed by atoms with Crippen LogP contribution in [0.3, 0.4) is 0 Å². The number of carbonyl (C=O) groups is 1. The summed E-state index contributed by atoms with van der Waals surface area (Å²) in [5, 5.41) is 84.7. The summed E-state index contributed by atoms with van der Waals surface area (Å²) in [4.78, 5) is 13.0. The van der Waals surface area contributed by atoms with E-state index in [1.54, 1.807) is 0 Å². The molecular formula is C33H62N8O14. The van der Waals surface area contributed by atoms with E-state index in [0.29, 0.717) is 38.8 Å². The quantitative estimate of drug-likeness (QED) is 0.0776. The molecule has 0 aromatic heterocycles. The van der Waals surface area contributed by atoms with Gasteiger partial charge in [-0.15, -0.1) is 0 Å². The molecular weight excluding hydrogens is 732 g/mol. The van der Waals surface area contributed by atoms with Gasteiger partial charge in [0.2, 0.25) is 0 Å². The summed E-state index contributed by atoms with van der Waals surface area (Å²) >= 11 is 0. The molecule has 55 heavy (non-hydrogen) atoms. The first kappa shape index (κ1) is 43.3. The molecule has 20 N–H and O–H groups in total. The summed E-state index contributed by atoms with van der Waals surface area (Å²) in [6.45, 7) is 1.38. The normalized spacial score (nSPS) is 48.7. The highest BCUT2D eigenvalue weighted by molar-refractivity contribution is 5.89. The minimum Gasteiger partial charge on any atom is -0.394 e. The first-order chi connectivity index (χ1) is 26.1. The van der Waals surface area contributed by atoms with Crippen molar-refractivity contribution in [1.82, 2.24) is 16.0 Å². The van der Waals surface area contributed by atoms with E-state index in [-0.39, 0.29) is 25.5 Å². The summed E-state index contributed by atoms with van der Waals surface area (Å²) in [5.74, 6) is -0.797. The topological polar surface area (TPSA) is 380 Å². The maximum Gasteiger partial charge on any atom is 0.253 e. The number of amides is 1. The van der Waals surface area contributed by atoms with Crippen molar-refractivity contribution in [2.75, 3.05) is 39.3 Å². The third-order valence-corrected chi connectivity index (χ3v) is 11.9.